The highest BCUT2D eigenvalue weighted by Crippen LogP contribution is 2.38. The van der Waals surface area contributed by atoms with Gasteiger partial charge in [-0.1, -0.05) is 0 Å². The number of hydrogen-bond donors (Lipinski definition) is 3. The number of pyridine rings is 2. The molecule has 8 heteroatoms. The number of hydrogen-bond acceptors (Lipinski definition) is 7. The molecule has 0 spiro atoms. The molecule has 1 aliphatic rings. The van der Waals surface area contributed by atoms with Crippen LogP contribution in [-0.4, -0.2) is 40.1 Å². The molecule has 5 rings (SSSR count). The Morgan fingerprint density at radius 3 is 2.40 bits per heavy atom. The number of aliphatic hydroxyl groups is 2. The van der Waals surface area contributed by atoms with Gasteiger partial charge < -0.3 is 29.6 Å². The minimum atomic E-state index is -0.251. The summed E-state index contributed by atoms with van der Waals surface area (Å²) in [6.45, 7) is 0.750. The summed E-state index contributed by atoms with van der Waals surface area (Å²) in [6, 6.07) is 7.13. The monoisotopic (exact) mass is 407 g/mol. The molecule has 0 amide bonds. The van der Waals surface area contributed by atoms with Gasteiger partial charge in [-0.3, -0.25) is 9.78 Å². The standard InChI is InChI=1S/C22H21N3O5/c1-23-2-3-25-21-16-6-19-20(30-11-29-19)7-18(16)24-8-17(21)14-4-12(9-26)13(10-27)5-15(14)22(25)28/h4-8,23,26-27H,2-3,9-11H2,1H3. The molecule has 3 N–H and O–H groups in total. The van der Waals surface area contributed by atoms with E-state index in [0.29, 0.717) is 52.0 Å². The van der Waals surface area contributed by atoms with E-state index in [9.17, 15) is 15.0 Å². The van der Waals surface area contributed by atoms with E-state index in [2.05, 4.69) is 10.3 Å². The third-order valence-electron chi connectivity index (χ3n) is 5.64. The van der Waals surface area contributed by atoms with Crippen LogP contribution >= 0.6 is 0 Å². The van der Waals surface area contributed by atoms with E-state index < -0.39 is 0 Å². The van der Waals surface area contributed by atoms with E-state index in [1.807, 2.05) is 19.2 Å². The zero-order valence-corrected chi connectivity index (χ0v) is 16.4. The van der Waals surface area contributed by atoms with E-state index in [4.69, 9.17) is 9.47 Å². The maximum Gasteiger partial charge on any atom is 0.258 e. The number of likely N-dealkylation sites (N-methyl/N-ethyl adjacent to an activating group) is 1. The Bertz CT molecular complexity index is 1360. The first-order chi connectivity index (χ1) is 14.7. The molecule has 0 atom stereocenters. The second-order valence-corrected chi connectivity index (χ2v) is 7.29. The molecule has 0 saturated carbocycles. The van der Waals surface area contributed by atoms with Gasteiger partial charge in [0.2, 0.25) is 6.79 Å². The number of nitrogens with one attached hydrogen (secondary N) is 1. The number of aliphatic hydroxyl groups excluding tert-OH is 2. The summed E-state index contributed by atoms with van der Waals surface area (Å²) in [5.41, 5.74) is 2.44. The van der Waals surface area contributed by atoms with Crippen LogP contribution in [0, 0.1) is 0 Å². The van der Waals surface area contributed by atoms with Gasteiger partial charge in [-0.2, -0.15) is 0 Å². The molecule has 0 aliphatic carbocycles. The fourth-order valence-corrected chi connectivity index (χ4v) is 4.12. The SMILES string of the molecule is CNCCn1c(=O)c2cc(CO)c(CO)cc2c2cnc3cc4c(cc3c21)OCO4. The maximum absolute atomic E-state index is 13.5. The zero-order valence-electron chi connectivity index (χ0n) is 16.4. The van der Waals surface area contributed by atoms with Crippen molar-refractivity contribution in [3.05, 3.63) is 51.9 Å². The lowest BCUT2D eigenvalue weighted by Crippen LogP contribution is -2.26. The largest absolute Gasteiger partial charge is 0.454 e. The van der Waals surface area contributed by atoms with Gasteiger partial charge in [-0.25, -0.2) is 0 Å². The van der Waals surface area contributed by atoms with E-state index >= 15 is 0 Å². The van der Waals surface area contributed by atoms with Crippen LogP contribution in [0.1, 0.15) is 11.1 Å². The number of benzene rings is 2. The van der Waals surface area contributed by atoms with Gasteiger partial charge in [0.25, 0.3) is 5.56 Å². The molecule has 0 bridgehead atoms. The van der Waals surface area contributed by atoms with Crippen LogP contribution in [0.25, 0.3) is 32.6 Å². The molecule has 0 radical (unpaired) electrons. The normalized spacial score (nSPS) is 13.0. The summed E-state index contributed by atoms with van der Waals surface area (Å²) in [6.07, 6.45) is 1.75. The molecule has 0 saturated heterocycles. The predicted octanol–water partition coefficient (Wildman–Crippen LogP) is 1.64. The summed E-state index contributed by atoms with van der Waals surface area (Å²) in [4.78, 5) is 18.1. The Balaban J connectivity index is 1.96. The third-order valence-corrected chi connectivity index (χ3v) is 5.64. The van der Waals surface area contributed by atoms with Gasteiger partial charge in [-0.05, 0) is 41.8 Å². The summed E-state index contributed by atoms with van der Waals surface area (Å²) in [7, 11) is 1.84. The second-order valence-electron chi connectivity index (χ2n) is 7.29. The van der Waals surface area contributed by atoms with Gasteiger partial charge in [0.15, 0.2) is 11.5 Å². The van der Waals surface area contributed by atoms with Gasteiger partial charge in [-0.15, -0.1) is 0 Å². The summed E-state index contributed by atoms with van der Waals surface area (Å²) < 4.78 is 12.8. The van der Waals surface area contributed by atoms with Crippen molar-refractivity contribution in [1.29, 1.82) is 0 Å². The molecule has 2 aromatic heterocycles. The minimum Gasteiger partial charge on any atom is -0.454 e. The van der Waals surface area contributed by atoms with E-state index in [-0.39, 0.29) is 25.6 Å². The van der Waals surface area contributed by atoms with E-state index in [1.54, 1.807) is 22.9 Å². The van der Waals surface area contributed by atoms with Crippen LogP contribution in [0.15, 0.2) is 35.3 Å². The molecular formula is C22H21N3O5. The molecule has 8 nitrogen and oxygen atoms in total. The van der Waals surface area contributed by atoms with Crippen molar-refractivity contribution in [2.24, 2.45) is 0 Å². The summed E-state index contributed by atoms with van der Waals surface area (Å²) >= 11 is 0. The van der Waals surface area contributed by atoms with Crippen molar-refractivity contribution in [2.75, 3.05) is 20.4 Å². The Labute approximate surface area is 171 Å². The highest BCUT2D eigenvalue weighted by molar-refractivity contribution is 6.14. The van der Waals surface area contributed by atoms with Gasteiger partial charge in [0, 0.05) is 41.5 Å². The third kappa shape index (κ3) is 2.72. The van der Waals surface area contributed by atoms with Crippen molar-refractivity contribution >= 4 is 32.6 Å². The van der Waals surface area contributed by atoms with Crippen LogP contribution in [0.5, 0.6) is 11.5 Å². The van der Waals surface area contributed by atoms with Crippen molar-refractivity contribution in [3.8, 4) is 11.5 Å². The molecule has 0 unspecified atom stereocenters. The molecule has 0 fully saturated rings. The average molecular weight is 407 g/mol. The molecule has 30 heavy (non-hydrogen) atoms. The van der Waals surface area contributed by atoms with Crippen LogP contribution < -0.4 is 20.3 Å². The second kappa shape index (κ2) is 7.24. The van der Waals surface area contributed by atoms with Gasteiger partial charge in [0.05, 0.1) is 24.2 Å². The Morgan fingerprint density at radius 2 is 1.70 bits per heavy atom. The molecule has 1 aliphatic heterocycles. The lowest BCUT2D eigenvalue weighted by atomic mass is 9.98. The number of ether oxygens (including phenoxy) is 2. The Kier molecular flexibility index (Phi) is 4.54. The quantitative estimate of drug-likeness (QED) is 0.432. The number of aromatic nitrogens is 2. The number of fused-ring (bicyclic) bond motifs is 6. The fourth-order valence-electron chi connectivity index (χ4n) is 4.12. The molecule has 3 heterocycles. The lowest BCUT2D eigenvalue weighted by Gasteiger charge is -2.17. The van der Waals surface area contributed by atoms with Crippen LogP contribution in [0.3, 0.4) is 0 Å². The average Bonchev–Trinajstić information content (AvgIpc) is 3.23. The maximum atomic E-state index is 13.5. The zero-order chi connectivity index (χ0) is 20.8. The van der Waals surface area contributed by atoms with E-state index in [0.717, 1.165) is 16.3 Å². The van der Waals surface area contributed by atoms with E-state index in [1.165, 1.54) is 0 Å². The fraction of sp³-hybridized carbons (Fsp3) is 0.273. The van der Waals surface area contributed by atoms with Crippen LogP contribution in [0.4, 0.5) is 0 Å². The molecule has 4 aromatic rings. The Morgan fingerprint density at radius 1 is 1.00 bits per heavy atom. The first-order valence-corrected chi connectivity index (χ1v) is 9.73. The lowest BCUT2D eigenvalue weighted by molar-refractivity contribution is 0.174. The first-order valence-electron chi connectivity index (χ1n) is 9.73. The molecule has 154 valence electrons. The van der Waals surface area contributed by atoms with Crippen LogP contribution in [0.2, 0.25) is 0 Å². The minimum absolute atomic E-state index is 0.155. The van der Waals surface area contributed by atoms with Crippen molar-refractivity contribution < 1.29 is 19.7 Å². The first kappa shape index (κ1) is 18.8. The number of rotatable bonds is 5. The predicted molar refractivity (Wildman–Crippen MR) is 113 cm³/mol. The van der Waals surface area contributed by atoms with Crippen LogP contribution in [-0.2, 0) is 19.8 Å². The van der Waals surface area contributed by atoms with Crippen molar-refractivity contribution in [2.45, 2.75) is 19.8 Å². The van der Waals surface area contributed by atoms with Gasteiger partial charge in [0.1, 0.15) is 0 Å². The number of nitrogens with zero attached hydrogens (tertiary/aromatic N) is 2. The smallest absolute Gasteiger partial charge is 0.258 e. The van der Waals surface area contributed by atoms with Crippen molar-refractivity contribution in [1.82, 2.24) is 14.9 Å². The molecule has 2 aromatic carbocycles. The highest BCUT2D eigenvalue weighted by Gasteiger charge is 2.20. The Hall–Kier alpha value is -3.20. The topological polar surface area (TPSA) is 106 Å². The van der Waals surface area contributed by atoms with Gasteiger partial charge >= 0.3 is 0 Å². The van der Waals surface area contributed by atoms with Crippen molar-refractivity contribution in [3.63, 3.8) is 0 Å². The molecular weight excluding hydrogens is 386 g/mol. The summed E-state index contributed by atoms with van der Waals surface area (Å²) in [5, 5.41) is 25.3. The highest BCUT2D eigenvalue weighted by atomic mass is 16.7. The summed E-state index contributed by atoms with van der Waals surface area (Å²) in [5.74, 6) is 1.26.